The predicted molar refractivity (Wildman–Crippen MR) is 60.2 cm³/mol. The predicted octanol–water partition coefficient (Wildman–Crippen LogP) is 2.73. The van der Waals surface area contributed by atoms with Crippen LogP contribution in [0.4, 0.5) is 4.39 Å². The molecule has 0 aromatic heterocycles. The van der Waals surface area contributed by atoms with Crippen LogP contribution in [-0.2, 0) is 6.54 Å². The molecule has 1 saturated carbocycles. The average molecular weight is 218 g/mol. The maximum absolute atomic E-state index is 13.5. The number of benzene rings is 1. The van der Waals surface area contributed by atoms with Crippen LogP contribution in [0.1, 0.15) is 37.3 Å². The summed E-state index contributed by atoms with van der Waals surface area (Å²) in [4.78, 5) is 0. The van der Waals surface area contributed by atoms with Crippen molar-refractivity contribution >= 4 is 0 Å². The molecule has 3 heteroatoms. The van der Waals surface area contributed by atoms with E-state index in [2.05, 4.69) is 12.2 Å². The van der Waals surface area contributed by atoms with Crippen molar-refractivity contribution in [1.82, 2.24) is 5.32 Å². The van der Waals surface area contributed by atoms with Gasteiger partial charge in [0.05, 0.1) is 11.6 Å². The molecule has 0 saturated heterocycles. The topological polar surface area (TPSA) is 35.8 Å². The zero-order valence-electron chi connectivity index (χ0n) is 9.39. The Morgan fingerprint density at radius 1 is 1.50 bits per heavy atom. The molecule has 0 unspecified atom stereocenters. The van der Waals surface area contributed by atoms with Crippen molar-refractivity contribution in [3.05, 3.63) is 35.1 Å². The van der Waals surface area contributed by atoms with Crippen molar-refractivity contribution in [3.8, 4) is 6.07 Å². The first-order valence-electron chi connectivity index (χ1n) is 5.56. The number of hydrogen-bond acceptors (Lipinski definition) is 2. The summed E-state index contributed by atoms with van der Waals surface area (Å²) >= 11 is 0. The van der Waals surface area contributed by atoms with Gasteiger partial charge < -0.3 is 5.32 Å². The fraction of sp³-hybridized carbons (Fsp3) is 0.462. The molecular weight excluding hydrogens is 203 g/mol. The highest BCUT2D eigenvalue weighted by atomic mass is 19.1. The summed E-state index contributed by atoms with van der Waals surface area (Å²) in [5.41, 5.74) is 1.18. The minimum Gasteiger partial charge on any atom is -0.307 e. The van der Waals surface area contributed by atoms with Gasteiger partial charge in [-0.2, -0.15) is 5.26 Å². The van der Waals surface area contributed by atoms with Crippen molar-refractivity contribution in [2.24, 2.45) is 0 Å². The van der Waals surface area contributed by atoms with E-state index in [1.54, 1.807) is 12.1 Å². The van der Waals surface area contributed by atoms with Crippen LogP contribution in [0.3, 0.4) is 0 Å². The van der Waals surface area contributed by atoms with E-state index in [9.17, 15) is 4.39 Å². The summed E-state index contributed by atoms with van der Waals surface area (Å²) in [5, 5.41) is 12.0. The third-order valence-corrected chi connectivity index (χ3v) is 3.34. The fourth-order valence-electron chi connectivity index (χ4n) is 1.95. The first-order valence-corrected chi connectivity index (χ1v) is 5.56. The molecule has 0 heterocycles. The molecule has 0 radical (unpaired) electrons. The van der Waals surface area contributed by atoms with Crippen LogP contribution in [0, 0.1) is 17.1 Å². The zero-order valence-corrected chi connectivity index (χ0v) is 9.39. The quantitative estimate of drug-likeness (QED) is 0.846. The Morgan fingerprint density at radius 2 is 2.25 bits per heavy atom. The molecule has 84 valence electrons. The molecule has 0 atom stereocenters. The molecule has 16 heavy (non-hydrogen) atoms. The minimum absolute atomic E-state index is 0.181. The molecule has 0 amide bonds. The first-order chi connectivity index (χ1) is 7.63. The third-order valence-electron chi connectivity index (χ3n) is 3.34. The Labute approximate surface area is 95.1 Å². The Hall–Kier alpha value is -1.40. The fourth-order valence-corrected chi connectivity index (χ4v) is 1.95. The molecule has 1 aromatic rings. The van der Waals surface area contributed by atoms with Gasteiger partial charge in [-0.15, -0.1) is 0 Å². The molecule has 1 aliphatic carbocycles. The molecule has 0 spiro atoms. The Kier molecular flexibility index (Phi) is 2.93. The van der Waals surface area contributed by atoms with Crippen LogP contribution in [0.5, 0.6) is 0 Å². The zero-order chi connectivity index (χ0) is 11.6. The maximum atomic E-state index is 13.5. The lowest BCUT2D eigenvalue weighted by Crippen LogP contribution is -2.47. The molecule has 1 aromatic carbocycles. The van der Waals surface area contributed by atoms with Gasteiger partial charge in [-0.25, -0.2) is 4.39 Å². The standard InChI is InChI=1S/C13H15FN2/c1-13(5-2-6-13)16-9-11-4-3-10(8-15)7-12(11)14/h3-4,7,16H,2,5-6,9H2,1H3. The monoisotopic (exact) mass is 218 g/mol. The summed E-state index contributed by atoms with van der Waals surface area (Å²) in [5.74, 6) is -0.297. The van der Waals surface area contributed by atoms with Gasteiger partial charge in [0.1, 0.15) is 5.82 Å². The van der Waals surface area contributed by atoms with E-state index in [1.165, 1.54) is 12.5 Å². The summed E-state index contributed by atoms with van der Waals surface area (Å²) in [6, 6.07) is 6.56. The number of nitrogens with one attached hydrogen (secondary N) is 1. The normalized spacial score (nSPS) is 17.6. The molecule has 2 nitrogen and oxygen atoms in total. The summed E-state index contributed by atoms with van der Waals surface area (Å²) in [7, 11) is 0. The second kappa shape index (κ2) is 4.23. The van der Waals surface area contributed by atoms with Crippen molar-refractivity contribution < 1.29 is 4.39 Å². The molecule has 1 fully saturated rings. The molecular formula is C13H15FN2. The van der Waals surface area contributed by atoms with Crippen molar-refractivity contribution in [2.75, 3.05) is 0 Å². The SMILES string of the molecule is CC1(NCc2ccc(C#N)cc2F)CCC1. The van der Waals surface area contributed by atoms with E-state index in [0.717, 1.165) is 12.8 Å². The van der Waals surface area contributed by atoms with Gasteiger partial charge >= 0.3 is 0 Å². The Balaban J connectivity index is 2.02. The van der Waals surface area contributed by atoms with Crippen LogP contribution >= 0.6 is 0 Å². The number of nitrogens with zero attached hydrogens (tertiary/aromatic N) is 1. The van der Waals surface area contributed by atoms with E-state index in [0.29, 0.717) is 17.7 Å². The van der Waals surface area contributed by atoms with E-state index in [4.69, 9.17) is 5.26 Å². The molecule has 1 N–H and O–H groups in total. The van der Waals surface area contributed by atoms with Crippen LogP contribution in [0.15, 0.2) is 18.2 Å². The Morgan fingerprint density at radius 3 is 2.75 bits per heavy atom. The minimum atomic E-state index is -0.297. The van der Waals surface area contributed by atoms with Gasteiger partial charge in [0.15, 0.2) is 0 Å². The molecule has 1 aliphatic rings. The second-order valence-electron chi connectivity index (χ2n) is 4.69. The van der Waals surface area contributed by atoms with Crippen LogP contribution in [0.2, 0.25) is 0 Å². The van der Waals surface area contributed by atoms with Gasteiger partial charge in [-0.3, -0.25) is 0 Å². The van der Waals surface area contributed by atoms with Crippen LogP contribution < -0.4 is 5.32 Å². The lowest BCUT2D eigenvalue weighted by atomic mass is 9.78. The van der Waals surface area contributed by atoms with Crippen molar-refractivity contribution in [2.45, 2.75) is 38.3 Å². The smallest absolute Gasteiger partial charge is 0.129 e. The van der Waals surface area contributed by atoms with Crippen LogP contribution in [0.25, 0.3) is 0 Å². The Bertz CT molecular complexity index is 430. The van der Waals surface area contributed by atoms with Gasteiger partial charge in [0.2, 0.25) is 0 Å². The van der Waals surface area contributed by atoms with E-state index in [1.807, 2.05) is 6.07 Å². The van der Waals surface area contributed by atoms with Crippen LogP contribution in [-0.4, -0.2) is 5.54 Å². The number of hydrogen-bond donors (Lipinski definition) is 1. The molecule has 0 aliphatic heterocycles. The van der Waals surface area contributed by atoms with Crippen molar-refractivity contribution in [3.63, 3.8) is 0 Å². The van der Waals surface area contributed by atoms with E-state index in [-0.39, 0.29) is 11.4 Å². The highest BCUT2D eigenvalue weighted by molar-refractivity contribution is 5.32. The summed E-state index contributed by atoms with van der Waals surface area (Å²) < 4.78 is 13.5. The van der Waals surface area contributed by atoms with Gasteiger partial charge in [0, 0.05) is 17.6 Å². The number of nitriles is 1. The average Bonchev–Trinajstić information content (AvgIpc) is 2.25. The number of rotatable bonds is 3. The lowest BCUT2D eigenvalue weighted by Gasteiger charge is -2.39. The summed E-state index contributed by atoms with van der Waals surface area (Å²) in [6.07, 6.45) is 3.56. The molecule has 2 rings (SSSR count). The largest absolute Gasteiger partial charge is 0.307 e. The van der Waals surface area contributed by atoms with E-state index < -0.39 is 0 Å². The third kappa shape index (κ3) is 2.23. The molecule has 0 bridgehead atoms. The highest BCUT2D eigenvalue weighted by Gasteiger charge is 2.30. The number of halogens is 1. The van der Waals surface area contributed by atoms with Gasteiger partial charge in [-0.1, -0.05) is 6.07 Å². The second-order valence-corrected chi connectivity index (χ2v) is 4.69. The van der Waals surface area contributed by atoms with Gasteiger partial charge in [-0.05, 0) is 38.3 Å². The van der Waals surface area contributed by atoms with Gasteiger partial charge in [0.25, 0.3) is 0 Å². The maximum Gasteiger partial charge on any atom is 0.129 e. The lowest BCUT2D eigenvalue weighted by molar-refractivity contribution is 0.206. The highest BCUT2D eigenvalue weighted by Crippen LogP contribution is 2.31. The first kappa shape index (κ1) is 11.1. The van der Waals surface area contributed by atoms with E-state index >= 15 is 0 Å². The summed E-state index contributed by atoms with van der Waals surface area (Å²) in [6.45, 7) is 2.70. The van der Waals surface area contributed by atoms with Crippen molar-refractivity contribution in [1.29, 1.82) is 5.26 Å².